The molecular weight excluding hydrogens is 601 g/mol. The number of halogens is 3. The van der Waals surface area contributed by atoms with Gasteiger partial charge in [0.25, 0.3) is 0 Å². The second-order valence-electron chi connectivity index (χ2n) is 11.8. The molecule has 1 saturated heterocycles. The first-order valence-corrected chi connectivity index (χ1v) is 14.5. The minimum absolute atomic E-state index is 0.0262. The zero-order valence-electron chi connectivity index (χ0n) is 25.8. The van der Waals surface area contributed by atoms with Gasteiger partial charge in [-0.15, -0.1) is 0 Å². The molecule has 1 N–H and O–H groups in total. The van der Waals surface area contributed by atoms with Crippen molar-refractivity contribution in [2.45, 2.75) is 38.4 Å². The summed E-state index contributed by atoms with van der Waals surface area (Å²) < 4.78 is 44.4. The van der Waals surface area contributed by atoms with Crippen LogP contribution in [0.15, 0.2) is 65.6 Å². The number of likely N-dealkylation sites (tertiary alicyclic amines) is 1. The number of carbonyl (C=O) groups is 2. The van der Waals surface area contributed by atoms with Gasteiger partial charge in [-0.05, 0) is 89.3 Å². The molecule has 1 aliphatic rings. The maximum atomic E-state index is 14.1. The standard InChI is InChI=1S/C32H33F3N8O3/c1-21-28(26-12-15-37-43(26)24-10-8-22(19-36)9-11-24)42(30(46)41(21)25-7-5-6-23(18-25)32(33,34)35)29(45)38-31(2)13-16-40(17-14-31)27(44)20-39(3)4/h5-12,15,18H,13-14,16-17,20H2,1-4H3,(H,38,45). The summed E-state index contributed by atoms with van der Waals surface area (Å²) in [5.41, 5.74) is -1.02. The summed E-state index contributed by atoms with van der Waals surface area (Å²) >= 11 is 0. The highest BCUT2D eigenvalue weighted by Gasteiger charge is 2.36. The smallest absolute Gasteiger partial charge is 0.341 e. The SMILES string of the molecule is Cc1c(-c2ccnn2-c2ccc(C#N)cc2)n(C(=O)NC2(C)CCN(C(=O)CN(C)C)CC2)c(=O)n1-c1cccc(C(F)(F)F)c1. The first-order valence-electron chi connectivity index (χ1n) is 14.5. The Morgan fingerprint density at radius 1 is 1.07 bits per heavy atom. The second-order valence-corrected chi connectivity index (χ2v) is 11.8. The van der Waals surface area contributed by atoms with Crippen molar-refractivity contribution in [2.24, 2.45) is 0 Å². The highest BCUT2D eigenvalue weighted by molar-refractivity contribution is 5.84. The molecule has 2 aromatic heterocycles. The molecule has 0 atom stereocenters. The molecule has 2 aromatic carbocycles. The molecule has 4 aromatic rings. The Balaban J connectivity index is 1.59. The van der Waals surface area contributed by atoms with Crippen LogP contribution >= 0.6 is 0 Å². The van der Waals surface area contributed by atoms with Gasteiger partial charge < -0.3 is 15.1 Å². The number of piperidine rings is 1. The molecule has 46 heavy (non-hydrogen) atoms. The topological polar surface area (TPSA) is 121 Å². The number of aromatic nitrogens is 4. The van der Waals surface area contributed by atoms with Gasteiger partial charge >= 0.3 is 17.9 Å². The number of alkyl halides is 3. The third kappa shape index (κ3) is 6.32. The minimum Gasteiger partial charge on any atom is -0.341 e. The van der Waals surface area contributed by atoms with E-state index in [2.05, 4.69) is 10.4 Å². The summed E-state index contributed by atoms with van der Waals surface area (Å²) in [4.78, 5) is 44.3. The summed E-state index contributed by atoms with van der Waals surface area (Å²) in [5.74, 6) is -0.0262. The van der Waals surface area contributed by atoms with Crippen LogP contribution in [0.3, 0.4) is 0 Å². The predicted octanol–water partition coefficient (Wildman–Crippen LogP) is 4.19. The quantitative estimate of drug-likeness (QED) is 0.340. The number of nitrogens with one attached hydrogen (secondary N) is 1. The van der Waals surface area contributed by atoms with Crippen LogP contribution in [0, 0.1) is 18.3 Å². The molecule has 0 bridgehead atoms. The van der Waals surface area contributed by atoms with Gasteiger partial charge in [-0.25, -0.2) is 18.8 Å². The molecule has 2 amide bonds. The van der Waals surface area contributed by atoms with E-state index in [4.69, 9.17) is 0 Å². The summed E-state index contributed by atoms with van der Waals surface area (Å²) in [6.07, 6.45) is -2.32. The van der Waals surface area contributed by atoms with Gasteiger partial charge in [-0.3, -0.25) is 9.36 Å². The average Bonchev–Trinajstić information content (AvgIpc) is 3.58. The van der Waals surface area contributed by atoms with Crippen molar-refractivity contribution in [1.29, 1.82) is 5.26 Å². The lowest BCUT2D eigenvalue weighted by atomic mass is 9.89. The number of hydrogen-bond donors (Lipinski definition) is 1. The van der Waals surface area contributed by atoms with Crippen molar-refractivity contribution in [3.63, 3.8) is 0 Å². The number of imidazole rings is 1. The van der Waals surface area contributed by atoms with Gasteiger partial charge in [0.1, 0.15) is 5.69 Å². The number of hydrogen-bond acceptors (Lipinski definition) is 6. The van der Waals surface area contributed by atoms with E-state index in [1.54, 1.807) is 47.1 Å². The summed E-state index contributed by atoms with van der Waals surface area (Å²) in [6, 6.07) is 13.7. The van der Waals surface area contributed by atoms with E-state index in [1.807, 2.05) is 27.1 Å². The Labute approximate surface area is 263 Å². The minimum atomic E-state index is -4.65. The first kappa shape index (κ1) is 32.2. The number of nitriles is 1. The van der Waals surface area contributed by atoms with E-state index >= 15 is 0 Å². The summed E-state index contributed by atoms with van der Waals surface area (Å²) in [7, 11) is 3.62. The summed E-state index contributed by atoms with van der Waals surface area (Å²) in [6.45, 7) is 4.45. The third-order valence-corrected chi connectivity index (χ3v) is 8.13. The van der Waals surface area contributed by atoms with Crippen molar-refractivity contribution in [2.75, 3.05) is 33.7 Å². The molecule has 0 aliphatic carbocycles. The molecule has 5 rings (SSSR count). The number of carbonyl (C=O) groups excluding carboxylic acids is 2. The van der Waals surface area contributed by atoms with Crippen molar-refractivity contribution in [3.8, 4) is 28.8 Å². The van der Waals surface area contributed by atoms with Crippen molar-refractivity contribution >= 4 is 11.9 Å². The van der Waals surface area contributed by atoms with Crippen molar-refractivity contribution in [3.05, 3.63) is 88.1 Å². The molecule has 240 valence electrons. The van der Waals surface area contributed by atoms with Crippen LogP contribution in [0.5, 0.6) is 0 Å². The normalized spacial score (nSPS) is 14.7. The Hall–Kier alpha value is -5.16. The van der Waals surface area contributed by atoms with Gasteiger partial charge in [0, 0.05) is 18.6 Å². The fraction of sp³-hybridized carbons (Fsp3) is 0.344. The third-order valence-electron chi connectivity index (χ3n) is 8.13. The highest BCUT2D eigenvalue weighted by atomic mass is 19.4. The monoisotopic (exact) mass is 634 g/mol. The van der Waals surface area contributed by atoms with E-state index < -0.39 is 29.0 Å². The average molecular weight is 635 g/mol. The van der Waals surface area contributed by atoms with Crippen LogP contribution < -0.4 is 11.0 Å². The number of amides is 2. The lowest BCUT2D eigenvalue weighted by Crippen LogP contribution is -2.56. The largest absolute Gasteiger partial charge is 0.416 e. The zero-order valence-corrected chi connectivity index (χ0v) is 25.8. The predicted molar refractivity (Wildman–Crippen MR) is 164 cm³/mol. The van der Waals surface area contributed by atoms with Crippen LogP contribution in [0.4, 0.5) is 18.0 Å². The Morgan fingerprint density at radius 3 is 2.35 bits per heavy atom. The van der Waals surface area contributed by atoms with Crippen LogP contribution in [0.2, 0.25) is 0 Å². The molecule has 1 fully saturated rings. The molecule has 3 heterocycles. The fourth-order valence-corrected chi connectivity index (χ4v) is 5.65. The molecular formula is C32H33F3N8O3. The number of rotatable bonds is 6. The first-order chi connectivity index (χ1) is 21.7. The number of likely N-dealkylation sites (N-methyl/N-ethyl adjacent to an activating group) is 1. The molecule has 0 spiro atoms. The maximum Gasteiger partial charge on any atom is 0.416 e. The van der Waals surface area contributed by atoms with Crippen LogP contribution in [0.1, 0.15) is 36.6 Å². The second kappa shape index (κ2) is 12.3. The summed E-state index contributed by atoms with van der Waals surface area (Å²) in [5, 5.41) is 16.6. The van der Waals surface area contributed by atoms with E-state index in [0.717, 1.165) is 21.3 Å². The molecule has 11 nitrogen and oxygen atoms in total. The molecule has 0 saturated carbocycles. The Kier molecular flexibility index (Phi) is 8.64. The molecule has 1 aliphatic heterocycles. The van der Waals surface area contributed by atoms with Gasteiger partial charge in [0.2, 0.25) is 5.91 Å². The zero-order chi connectivity index (χ0) is 33.4. The number of nitrogens with zero attached hydrogens (tertiary/aromatic N) is 7. The van der Waals surface area contributed by atoms with Crippen molar-refractivity contribution < 1.29 is 22.8 Å². The fourth-order valence-electron chi connectivity index (χ4n) is 5.65. The Bertz CT molecular complexity index is 1870. The maximum absolute atomic E-state index is 14.1. The van der Waals surface area contributed by atoms with Gasteiger partial charge in [0.05, 0.1) is 52.7 Å². The lowest BCUT2D eigenvalue weighted by Gasteiger charge is -2.40. The van der Waals surface area contributed by atoms with E-state index in [9.17, 15) is 32.8 Å². The van der Waals surface area contributed by atoms with E-state index in [-0.39, 0.29) is 29.5 Å². The van der Waals surface area contributed by atoms with Gasteiger partial charge in [-0.1, -0.05) is 6.07 Å². The van der Waals surface area contributed by atoms with Gasteiger partial charge in [0.15, 0.2) is 0 Å². The van der Waals surface area contributed by atoms with E-state index in [1.165, 1.54) is 23.0 Å². The van der Waals surface area contributed by atoms with Crippen LogP contribution in [-0.4, -0.2) is 79.9 Å². The number of benzene rings is 2. The lowest BCUT2D eigenvalue weighted by molar-refractivity contribution is -0.137. The van der Waals surface area contributed by atoms with Gasteiger partial charge in [-0.2, -0.15) is 23.5 Å². The Morgan fingerprint density at radius 2 is 1.74 bits per heavy atom. The van der Waals surface area contributed by atoms with Crippen LogP contribution in [-0.2, 0) is 11.0 Å². The highest BCUT2D eigenvalue weighted by Crippen LogP contribution is 2.32. The molecule has 0 unspecified atom stereocenters. The van der Waals surface area contributed by atoms with Crippen molar-refractivity contribution in [1.82, 2.24) is 34.0 Å². The van der Waals surface area contributed by atoms with Crippen LogP contribution in [0.25, 0.3) is 22.8 Å². The molecule has 14 heteroatoms. The molecule has 0 radical (unpaired) electrons. The van der Waals surface area contributed by atoms with E-state index in [0.29, 0.717) is 42.9 Å².